The number of furan rings is 1. The Balaban J connectivity index is 1.84. The van der Waals surface area contributed by atoms with Gasteiger partial charge in [-0.3, -0.25) is 9.58 Å². The van der Waals surface area contributed by atoms with Gasteiger partial charge in [0, 0.05) is 25.2 Å². The maximum absolute atomic E-state index is 6.41. The van der Waals surface area contributed by atoms with Gasteiger partial charge in [-0.2, -0.15) is 5.10 Å². The van der Waals surface area contributed by atoms with E-state index in [0.29, 0.717) is 23.9 Å². The summed E-state index contributed by atoms with van der Waals surface area (Å²) in [4.78, 5) is 2.12. The molecule has 6 nitrogen and oxygen atoms in total. The first-order valence-corrected chi connectivity index (χ1v) is 7.70. The van der Waals surface area contributed by atoms with Crippen molar-refractivity contribution < 1.29 is 8.94 Å². The van der Waals surface area contributed by atoms with Crippen LogP contribution >= 0.6 is 11.6 Å². The lowest BCUT2D eigenvalue weighted by molar-refractivity contribution is 0.285. The molecular formula is C16H19ClN4O2. The lowest BCUT2D eigenvalue weighted by atomic mass is 10.2. The minimum atomic E-state index is 0.600. The quantitative estimate of drug-likeness (QED) is 0.713. The zero-order valence-electron chi connectivity index (χ0n) is 13.6. The summed E-state index contributed by atoms with van der Waals surface area (Å²) in [5.41, 5.74) is 2.37. The van der Waals surface area contributed by atoms with Crippen molar-refractivity contribution in [3.05, 3.63) is 46.2 Å². The standard InChI is InChI=1S/C16H19ClN4O2/c1-10-5-6-12(22-10)8-20(3)9-13-15(18-21(4)16(13)17)14-7-11(2)23-19-14/h5-7H,8-9H2,1-4H3. The zero-order chi connectivity index (χ0) is 16.6. The van der Waals surface area contributed by atoms with Crippen LogP contribution in [0.3, 0.4) is 0 Å². The van der Waals surface area contributed by atoms with Gasteiger partial charge in [-0.25, -0.2) is 0 Å². The van der Waals surface area contributed by atoms with Gasteiger partial charge in [0.2, 0.25) is 0 Å². The molecule has 0 saturated heterocycles. The zero-order valence-corrected chi connectivity index (χ0v) is 14.4. The number of hydrogen-bond donors (Lipinski definition) is 0. The van der Waals surface area contributed by atoms with E-state index in [4.69, 9.17) is 20.5 Å². The van der Waals surface area contributed by atoms with Gasteiger partial charge in [-0.05, 0) is 33.0 Å². The predicted molar refractivity (Wildman–Crippen MR) is 87.1 cm³/mol. The highest BCUT2D eigenvalue weighted by Gasteiger charge is 2.20. The fraction of sp³-hybridized carbons (Fsp3) is 0.375. The van der Waals surface area contributed by atoms with Crippen LogP contribution in [0.25, 0.3) is 11.4 Å². The molecule has 7 heteroatoms. The third-order valence-electron chi connectivity index (χ3n) is 3.59. The molecule has 0 unspecified atom stereocenters. The smallest absolute Gasteiger partial charge is 0.134 e. The van der Waals surface area contributed by atoms with Crippen molar-refractivity contribution in [3.8, 4) is 11.4 Å². The summed E-state index contributed by atoms with van der Waals surface area (Å²) >= 11 is 6.41. The number of hydrogen-bond acceptors (Lipinski definition) is 5. The van der Waals surface area contributed by atoms with Gasteiger partial charge in [0.05, 0.1) is 6.54 Å². The monoisotopic (exact) mass is 334 g/mol. The van der Waals surface area contributed by atoms with E-state index in [1.54, 1.807) is 4.68 Å². The van der Waals surface area contributed by atoms with Crippen molar-refractivity contribution in [3.63, 3.8) is 0 Å². The van der Waals surface area contributed by atoms with Crippen LogP contribution in [0.4, 0.5) is 0 Å². The van der Waals surface area contributed by atoms with E-state index in [9.17, 15) is 0 Å². The first-order chi connectivity index (χ1) is 10.9. The van der Waals surface area contributed by atoms with E-state index < -0.39 is 0 Å². The Morgan fingerprint density at radius 2 is 2.00 bits per heavy atom. The average Bonchev–Trinajstić information content (AvgIpc) is 3.16. The van der Waals surface area contributed by atoms with Crippen LogP contribution in [-0.4, -0.2) is 26.9 Å². The van der Waals surface area contributed by atoms with E-state index in [1.807, 2.05) is 46.1 Å². The van der Waals surface area contributed by atoms with E-state index >= 15 is 0 Å². The van der Waals surface area contributed by atoms with Gasteiger partial charge in [0.15, 0.2) is 0 Å². The molecule has 122 valence electrons. The van der Waals surface area contributed by atoms with Crippen LogP contribution in [0.1, 0.15) is 22.8 Å². The Hall–Kier alpha value is -2.05. The normalized spacial score (nSPS) is 11.6. The molecule has 3 heterocycles. The Kier molecular flexibility index (Phi) is 4.28. The van der Waals surface area contributed by atoms with Crippen molar-refractivity contribution in [2.75, 3.05) is 7.05 Å². The van der Waals surface area contributed by atoms with Crippen LogP contribution in [0, 0.1) is 13.8 Å². The van der Waals surface area contributed by atoms with Gasteiger partial charge in [0.1, 0.15) is 33.8 Å². The highest BCUT2D eigenvalue weighted by atomic mass is 35.5. The summed E-state index contributed by atoms with van der Waals surface area (Å²) in [7, 11) is 3.83. The Labute approximate surface area is 139 Å². The summed E-state index contributed by atoms with van der Waals surface area (Å²) in [6.45, 7) is 5.11. The molecule has 0 aliphatic rings. The fourth-order valence-electron chi connectivity index (χ4n) is 2.53. The minimum Gasteiger partial charge on any atom is -0.465 e. The number of rotatable bonds is 5. The second-order valence-electron chi connectivity index (χ2n) is 5.75. The summed E-state index contributed by atoms with van der Waals surface area (Å²) in [5, 5.41) is 9.12. The molecule has 0 fully saturated rings. The van der Waals surface area contributed by atoms with Crippen LogP contribution in [0.5, 0.6) is 0 Å². The predicted octanol–water partition coefficient (Wildman–Crippen LogP) is 3.57. The lowest BCUT2D eigenvalue weighted by Gasteiger charge is -2.15. The molecule has 0 aromatic carbocycles. The summed E-state index contributed by atoms with van der Waals surface area (Å²) in [6, 6.07) is 5.81. The molecule has 23 heavy (non-hydrogen) atoms. The SMILES string of the molecule is Cc1cc(-c2nn(C)c(Cl)c2CN(C)Cc2ccc(C)o2)no1. The molecule has 3 aromatic rings. The number of halogens is 1. The summed E-state index contributed by atoms with van der Waals surface area (Å²) in [6.07, 6.45) is 0. The van der Waals surface area contributed by atoms with Crippen molar-refractivity contribution in [1.29, 1.82) is 0 Å². The summed E-state index contributed by atoms with van der Waals surface area (Å²) in [5.74, 6) is 2.57. The third kappa shape index (κ3) is 3.33. The van der Waals surface area contributed by atoms with Crippen molar-refractivity contribution in [2.24, 2.45) is 7.05 Å². The van der Waals surface area contributed by atoms with Crippen molar-refractivity contribution >= 4 is 11.6 Å². The molecule has 0 aliphatic heterocycles. The van der Waals surface area contributed by atoms with E-state index in [0.717, 1.165) is 28.5 Å². The van der Waals surface area contributed by atoms with E-state index in [2.05, 4.69) is 15.2 Å². The Morgan fingerprint density at radius 3 is 2.61 bits per heavy atom. The second-order valence-corrected chi connectivity index (χ2v) is 6.11. The van der Waals surface area contributed by atoms with E-state index in [-0.39, 0.29) is 0 Å². The molecule has 0 aliphatic carbocycles. The molecule has 0 atom stereocenters. The highest BCUT2D eigenvalue weighted by Crippen LogP contribution is 2.29. The van der Waals surface area contributed by atoms with Gasteiger partial charge in [0.25, 0.3) is 0 Å². The maximum Gasteiger partial charge on any atom is 0.134 e. The molecular weight excluding hydrogens is 316 g/mol. The first-order valence-electron chi connectivity index (χ1n) is 7.33. The van der Waals surface area contributed by atoms with Crippen molar-refractivity contribution in [1.82, 2.24) is 19.8 Å². The molecule has 0 spiro atoms. The highest BCUT2D eigenvalue weighted by molar-refractivity contribution is 6.30. The number of aromatic nitrogens is 3. The molecule has 0 saturated carbocycles. The van der Waals surface area contributed by atoms with Crippen LogP contribution in [0.15, 0.2) is 27.1 Å². The molecule has 3 aromatic heterocycles. The largest absolute Gasteiger partial charge is 0.465 e. The molecule has 0 amide bonds. The van der Waals surface area contributed by atoms with Crippen LogP contribution < -0.4 is 0 Å². The Morgan fingerprint density at radius 1 is 1.22 bits per heavy atom. The molecule has 3 rings (SSSR count). The number of aryl methyl sites for hydroxylation is 3. The van der Waals surface area contributed by atoms with E-state index in [1.165, 1.54) is 0 Å². The minimum absolute atomic E-state index is 0.600. The third-order valence-corrected chi connectivity index (χ3v) is 4.06. The van der Waals surface area contributed by atoms with Crippen LogP contribution in [-0.2, 0) is 20.1 Å². The van der Waals surface area contributed by atoms with Gasteiger partial charge in [-0.1, -0.05) is 16.8 Å². The summed E-state index contributed by atoms with van der Waals surface area (Å²) < 4.78 is 12.4. The Bertz CT molecular complexity index is 818. The second kappa shape index (κ2) is 6.22. The average molecular weight is 335 g/mol. The number of nitrogens with zero attached hydrogens (tertiary/aromatic N) is 4. The maximum atomic E-state index is 6.41. The van der Waals surface area contributed by atoms with Gasteiger partial charge in [-0.15, -0.1) is 0 Å². The van der Waals surface area contributed by atoms with Crippen molar-refractivity contribution in [2.45, 2.75) is 26.9 Å². The fourth-order valence-corrected chi connectivity index (χ4v) is 2.72. The van der Waals surface area contributed by atoms with Crippen LogP contribution in [0.2, 0.25) is 5.15 Å². The van der Waals surface area contributed by atoms with Gasteiger partial charge < -0.3 is 8.94 Å². The molecule has 0 bridgehead atoms. The van der Waals surface area contributed by atoms with Gasteiger partial charge >= 0.3 is 0 Å². The lowest BCUT2D eigenvalue weighted by Crippen LogP contribution is -2.17. The molecule has 0 radical (unpaired) electrons. The topological polar surface area (TPSA) is 60.2 Å². The molecule has 0 N–H and O–H groups in total. The first kappa shape index (κ1) is 15.8.